The lowest BCUT2D eigenvalue weighted by Gasteiger charge is -2.36. The maximum absolute atomic E-state index is 13.3. The normalized spacial score (nSPS) is 26.1. The molecule has 1 aromatic carbocycles. The van der Waals surface area contributed by atoms with Crippen LogP contribution in [0.1, 0.15) is 54.4 Å². The van der Waals surface area contributed by atoms with Crippen LogP contribution in [0.25, 0.3) is 11.0 Å². The molecule has 6 rings (SSSR count). The molecule has 2 aliphatic heterocycles. The molecule has 1 amide bonds. The van der Waals surface area contributed by atoms with Crippen molar-refractivity contribution < 1.29 is 14.3 Å². The number of ether oxygens (including phenoxy) is 1. The van der Waals surface area contributed by atoms with E-state index in [9.17, 15) is 9.59 Å². The minimum absolute atomic E-state index is 0.0700. The third kappa shape index (κ3) is 4.29. The molecule has 3 fully saturated rings. The quantitative estimate of drug-likeness (QED) is 0.516. The average Bonchev–Trinajstić information content (AvgIpc) is 3.47. The summed E-state index contributed by atoms with van der Waals surface area (Å²) in [6, 6.07) is 7.20. The first-order valence-electron chi connectivity index (χ1n) is 12.4. The number of carbonyl (C=O) groups excluding carboxylic acids is 2. The molecule has 0 spiro atoms. The van der Waals surface area contributed by atoms with Gasteiger partial charge in [-0.15, -0.1) is 0 Å². The highest BCUT2D eigenvalue weighted by Gasteiger charge is 2.38. The number of amides is 1. The van der Waals surface area contributed by atoms with E-state index in [1.54, 1.807) is 30.5 Å². The molecule has 4 heterocycles. The van der Waals surface area contributed by atoms with Crippen molar-refractivity contribution >= 4 is 40.1 Å². The third-order valence-corrected chi connectivity index (χ3v) is 7.94. The van der Waals surface area contributed by atoms with E-state index in [-0.39, 0.29) is 35.9 Å². The molecule has 2 saturated heterocycles. The summed E-state index contributed by atoms with van der Waals surface area (Å²) in [7, 11) is 0. The van der Waals surface area contributed by atoms with Crippen LogP contribution in [-0.4, -0.2) is 62.9 Å². The fourth-order valence-electron chi connectivity index (χ4n) is 5.77. The molecule has 182 valence electrons. The van der Waals surface area contributed by atoms with E-state index in [0.29, 0.717) is 33.0 Å². The molecular weight excluding hydrogens is 466 g/mol. The van der Waals surface area contributed by atoms with E-state index in [0.717, 1.165) is 51.6 Å². The Morgan fingerprint density at radius 2 is 1.74 bits per heavy atom. The molecule has 9 heteroatoms. The number of morpholine rings is 1. The molecular formula is C26H28ClN5O3. The lowest BCUT2D eigenvalue weighted by atomic mass is 9.85. The topological polar surface area (TPSA) is 100 Å². The van der Waals surface area contributed by atoms with Crippen LogP contribution < -0.4 is 5.32 Å². The number of fused-ring (bicyclic) bond motifs is 3. The third-order valence-electron chi connectivity index (χ3n) is 7.61. The Balaban J connectivity index is 1.15. The van der Waals surface area contributed by atoms with E-state index in [1.165, 1.54) is 6.33 Å². The largest absolute Gasteiger partial charge is 0.371 e. The van der Waals surface area contributed by atoms with Gasteiger partial charge in [0.05, 0.1) is 28.2 Å². The second kappa shape index (κ2) is 9.24. The predicted octanol–water partition coefficient (Wildman–Crippen LogP) is 4.20. The SMILES string of the molecule is O=C(c1ccccc1Cl)c1c[nH]c2ncnc(NC3CCC(C(=O)N4C[C@H]5CC[C@@H](C4)O5)CC3)c12. The molecule has 0 unspecified atom stereocenters. The van der Waals surface area contributed by atoms with Gasteiger partial charge in [-0.3, -0.25) is 9.59 Å². The van der Waals surface area contributed by atoms with E-state index in [1.807, 2.05) is 4.90 Å². The monoisotopic (exact) mass is 493 g/mol. The average molecular weight is 494 g/mol. The zero-order chi connectivity index (χ0) is 23.9. The van der Waals surface area contributed by atoms with Crippen LogP contribution in [0, 0.1) is 5.92 Å². The molecule has 1 aliphatic carbocycles. The smallest absolute Gasteiger partial charge is 0.225 e. The number of aromatic nitrogens is 3. The minimum Gasteiger partial charge on any atom is -0.371 e. The number of likely N-dealkylation sites (tertiary alicyclic amines) is 1. The van der Waals surface area contributed by atoms with Gasteiger partial charge in [-0.1, -0.05) is 23.7 Å². The zero-order valence-corrected chi connectivity index (χ0v) is 20.1. The molecule has 2 bridgehead atoms. The number of aromatic amines is 1. The van der Waals surface area contributed by atoms with Gasteiger partial charge in [0, 0.05) is 36.8 Å². The summed E-state index contributed by atoms with van der Waals surface area (Å²) in [5.41, 5.74) is 1.53. The summed E-state index contributed by atoms with van der Waals surface area (Å²) in [5.74, 6) is 0.812. The first-order chi connectivity index (χ1) is 17.1. The molecule has 35 heavy (non-hydrogen) atoms. The number of H-pyrrole nitrogens is 1. The van der Waals surface area contributed by atoms with Crippen LogP contribution in [-0.2, 0) is 9.53 Å². The van der Waals surface area contributed by atoms with E-state index in [4.69, 9.17) is 16.3 Å². The van der Waals surface area contributed by atoms with E-state index < -0.39 is 0 Å². The first-order valence-corrected chi connectivity index (χ1v) is 12.8. The van der Waals surface area contributed by atoms with Crippen molar-refractivity contribution in [1.29, 1.82) is 0 Å². The molecule has 3 aromatic rings. The lowest BCUT2D eigenvalue weighted by molar-refractivity contribution is -0.145. The molecule has 2 N–H and O–H groups in total. The Bertz CT molecular complexity index is 1260. The van der Waals surface area contributed by atoms with Gasteiger partial charge in [-0.25, -0.2) is 9.97 Å². The molecule has 3 aliphatic rings. The highest BCUT2D eigenvalue weighted by molar-refractivity contribution is 6.35. The van der Waals surface area contributed by atoms with Gasteiger partial charge in [0.1, 0.15) is 17.8 Å². The van der Waals surface area contributed by atoms with Crippen LogP contribution in [0.4, 0.5) is 5.82 Å². The van der Waals surface area contributed by atoms with Crippen molar-refractivity contribution in [3.63, 3.8) is 0 Å². The Hall–Kier alpha value is -2.97. The summed E-state index contributed by atoms with van der Waals surface area (Å²) < 4.78 is 5.89. The van der Waals surface area contributed by atoms with Gasteiger partial charge in [0.25, 0.3) is 0 Å². The molecule has 8 nitrogen and oxygen atoms in total. The number of rotatable bonds is 5. The number of nitrogens with zero attached hydrogens (tertiary/aromatic N) is 3. The summed E-state index contributed by atoms with van der Waals surface area (Å²) in [5, 5.41) is 4.61. The van der Waals surface area contributed by atoms with Crippen LogP contribution in [0.5, 0.6) is 0 Å². The zero-order valence-electron chi connectivity index (χ0n) is 19.4. The van der Waals surface area contributed by atoms with E-state index >= 15 is 0 Å². The number of anilines is 1. The fraction of sp³-hybridized carbons (Fsp3) is 0.462. The maximum atomic E-state index is 13.3. The van der Waals surface area contributed by atoms with Gasteiger partial charge in [-0.2, -0.15) is 0 Å². The Morgan fingerprint density at radius 1 is 1.00 bits per heavy atom. The first kappa shape index (κ1) is 22.5. The van der Waals surface area contributed by atoms with Crippen molar-refractivity contribution in [2.24, 2.45) is 5.92 Å². The van der Waals surface area contributed by atoms with Crippen LogP contribution in [0.15, 0.2) is 36.8 Å². The minimum atomic E-state index is -0.173. The van der Waals surface area contributed by atoms with Crippen molar-refractivity contribution in [2.45, 2.75) is 56.8 Å². The molecule has 0 radical (unpaired) electrons. The summed E-state index contributed by atoms with van der Waals surface area (Å²) in [6.45, 7) is 1.48. The number of nitrogens with one attached hydrogen (secondary N) is 2. The molecule has 2 atom stereocenters. The molecule has 1 saturated carbocycles. The Kier molecular flexibility index (Phi) is 5.94. The summed E-state index contributed by atoms with van der Waals surface area (Å²) in [6.07, 6.45) is 9.17. The second-order valence-corrected chi connectivity index (χ2v) is 10.3. The Labute approximate surface area is 208 Å². The summed E-state index contributed by atoms with van der Waals surface area (Å²) >= 11 is 6.28. The highest BCUT2D eigenvalue weighted by atomic mass is 35.5. The van der Waals surface area contributed by atoms with Gasteiger partial charge in [-0.05, 0) is 50.7 Å². The summed E-state index contributed by atoms with van der Waals surface area (Å²) in [4.78, 5) is 40.3. The number of halogens is 1. The van der Waals surface area contributed by atoms with Gasteiger partial charge < -0.3 is 19.9 Å². The number of carbonyl (C=O) groups is 2. The Morgan fingerprint density at radius 3 is 2.49 bits per heavy atom. The number of benzene rings is 1. The van der Waals surface area contributed by atoms with Crippen LogP contribution in [0.2, 0.25) is 5.02 Å². The van der Waals surface area contributed by atoms with Crippen LogP contribution in [0.3, 0.4) is 0 Å². The van der Waals surface area contributed by atoms with Gasteiger partial charge >= 0.3 is 0 Å². The van der Waals surface area contributed by atoms with Crippen molar-refractivity contribution in [2.75, 3.05) is 18.4 Å². The number of hydrogen-bond acceptors (Lipinski definition) is 6. The number of hydrogen-bond donors (Lipinski definition) is 2. The second-order valence-electron chi connectivity index (χ2n) is 9.85. The van der Waals surface area contributed by atoms with Crippen molar-refractivity contribution in [3.05, 3.63) is 52.9 Å². The van der Waals surface area contributed by atoms with Gasteiger partial charge in [0.15, 0.2) is 5.78 Å². The van der Waals surface area contributed by atoms with E-state index in [2.05, 4.69) is 20.3 Å². The lowest BCUT2D eigenvalue weighted by Crippen LogP contribution is -2.48. The highest BCUT2D eigenvalue weighted by Crippen LogP contribution is 2.33. The van der Waals surface area contributed by atoms with Crippen LogP contribution >= 0.6 is 11.6 Å². The van der Waals surface area contributed by atoms with Gasteiger partial charge in [0.2, 0.25) is 5.91 Å². The number of ketones is 1. The standard InChI is InChI=1S/C26H28ClN5O3/c27-21-4-2-1-3-19(21)23(33)20-11-28-24-22(20)25(30-14-29-24)31-16-7-5-15(6-8-16)26(34)32-12-17-9-10-18(13-32)35-17/h1-4,11,14-18H,5-10,12-13H2,(H2,28,29,30,31)/t15?,16?,17-,18+. The molecule has 2 aromatic heterocycles. The maximum Gasteiger partial charge on any atom is 0.225 e. The van der Waals surface area contributed by atoms with Crippen molar-refractivity contribution in [3.8, 4) is 0 Å². The fourth-order valence-corrected chi connectivity index (χ4v) is 5.99. The predicted molar refractivity (Wildman–Crippen MR) is 133 cm³/mol. The van der Waals surface area contributed by atoms with Crippen molar-refractivity contribution in [1.82, 2.24) is 19.9 Å².